The second-order valence-electron chi connectivity index (χ2n) is 6.18. The number of carbonyl (C=O) groups is 2. The Morgan fingerprint density at radius 1 is 1.12 bits per heavy atom. The number of carbonyl (C=O) groups excluding carboxylic acids is 2. The lowest BCUT2D eigenvalue weighted by atomic mass is 10.1. The number of anilines is 1. The topological polar surface area (TPSA) is 78.7 Å². The molecule has 1 aromatic carbocycles. The zero-order valence-corrected chi connectivity index (χ0v) is 14.5. The third-order valence-corrected chi connectivity index (χ3v) is 4.33. The summed E-state index contributed by atoms with van der Waals surface area (Å²) in [6, 6.07) is 7.72. The van der Waals surface area contributed by atoms with Crippen molar-refractivity contribution in [1.29, 1.82) is 0 Å². The van der Waals surface area contributed by atoms with Crippen molar-refractivity contribution in [1.82, 2.24) is 9.80 Å². The van der Waals surface area contributed by atoms with Crippen molar-refractivity contribution in [3.05, 3.63) is 29.8 Å². The zero-order chi connectivity index (χ0) is 17.4. The molecule has 0 saturated carbocycles. The van der Waals surface area contributed by atoms with Crippen LogP contribution in [0.3, 0.4) is 0 Å². The second kappa shape index (κ2) is 9.39. The summed E-state index contributed by atoms with van der Waals surface area (Å²) >= 11 is 0. The third-order valence-electron chi connectivity index (χ3n) is 4.33. The predicted molar refractivity (Wildman–Crippen MR) is 95.8 cm³/mol. The highest BCUT2D eigenvalue weighted by Crippen LogP contribution is 2.12. The average molecular weight is 332 g/mol. The fourth-order valence-electron chi connectivity index (χ4n) is 2.82. The number of rotatable bonds is 6. The first-order valence-electron chi connectivity index (χ1n) is 8.75. The minimum Gasteiger partial charge on any atom is -0.332 e. The van der Waals surface area contributed by atoms with Gasteiger partial charge in [-0.3, -0.25) is 14.5 Å². The lowest BCUT2D eigenvalue weighted by Gasteiger charge is -2.34. The molecule has 1 aliphatic heterocycles. The van der Waals surface area contributed by atoms with Crippen molar-refractivity contribution >= 4 is 17.5 Å². The molecule has 2 rings (SSSR count). The highest BCUT2D eigenvalue weighted by atomic mass is 16.2. The van der Waals surface area contributed by atoms with Gasteiger partial charge in [0, 0.05) is 45.0 Å². The molecule has 1 fully saturated rings. The Kier molecular flexibility index (Phi) is 7.21. The van der Waals surface area contributed by atoms with E-state index in [0.717, 1.165) is 38.9 Å². The van der Waals surface area contributed by atoms with Gasteiger partial charge in [0.05, 0.1) is 0 Å². The standard InChI is InChI=1S/C18H28N4O2/c1-2-3-4-15-5-7-16(8-6-15)20-17(23)18(24)22-13-11-21(10-9-19)12-14-22/h5-8H,2-4,9-14,19H2,1H3,(H,20,23). The number of hydrogen-bond donors (Lipinski definition) is 2. The van der Waals surface area contributed by atoms with Crippen LogP contribution in [0.15, 0.2) is 24.3 Å². The first-order valence-corrected chi connectivity index (χ1v) is 8.75. The maximum atomic E-state index is 12.2. The number of hydrogen-bond acceptors (Lipinski definition) is 4. The van der Waals surface area contributed by atoms with E-state index in [4.69, 9.17) is 5.73 Å². The van der Waals surface area contributed by atoms with Gasteiger partial charge in [-0.2, -0.15) is 0 Å². The smallest absolute Gasteiger partial charge is 0.313 e. The fraction of sp³-hybridized carbons (Fsp3) is 0.556. The van der Waals surface area contributed by atoms with Crippen LogP contribution in [0.1, 0.15) is 25.3 Å². The summed E-state index contributed by atoms with van der Waals surface area (Å²) in [5.41, 5.74) is 7.45. The van der Waals surface area contributed by atoms with Crippen molar-refractivity contribution < 1.29 is 9.59 Å². The Morgan fingerprint density at radius 2 is 1.79 bits per heavy atom. The van der Waals surface area contributed by atoms with E-state index in [1.807, 2.05) is 24.3 Å². The van der Waals surface area contributed by atoms with Gasteiger partial charge in [0.1, 0.15) is 0 Å². The third kappa shape index (κ3) is 5.32. The van der Waals surface area contributed by atoms with E-state index < -0.39 is 11.8 Å². The summed E-state index contributed by atoms with van der Waals surface area (Å²) in [7, 11) is 0. The predicted octanol–water partition coefficient (Wildman–Crippen LogP) is 1.07. The highest BCUT2D eigenvalue weighted by Gasteiger charge is 2.25. The van der Waals surface area contributed by atoms with E-state index in [-0.39, 0.29) is 0 Å². The Morgan fingerprint density at radius 3 is 2.38 bits per heavy atom. The molecule has 1 saturated heterocycles. The summed E-state index contributed by atoms with van der Waals surface area (Å²) in [6.07, 6.45) is 3.35. The molecular formula is C18H28N4O2. The van der Waals surface area contributed by atoms with Crippen molar-refractivity contribution in [3.8, 4) is 0 Å². The molecule has 6 heteroatoms. The van der Waals surface area contributed by atoms with E-state index in [1.165, 1.54) is 5.56 Å². The molecule has 3 N–H and O–H groups in total. The molecule has 132 valence electrons. The lowest BCUT2D eigenvalue weighted by molar-refractivity contribution is -0.144. The van der Waals surface area contributed by atoms with Crippen molar-refractivity contribution in [2.45, 2.75) is 26.2 Å². The fourth-order valence-corrected chi connectivity index (χ4v) is 2.82. The summed E-state index contributed by atoms with van der Waals surface area (Å²) in [5, 5.41) is 2.69. The molecule has 1 aromatic rings. The molecule has 0 spiro atoms. The minimum absolute atomic E-state index is 0.461. The molecule has 0 atom stereocenters. The van der Waals surface area contributed by atoms with Crippen LogP contribution in [0, 0.1) is 0 Å². The molecule has 0 aromatic heterocycles. The average Bonchev–Trinajstić information content (AvgIpc) is 2.61. The van der Waals surface area contributed by atoms with Gasteiger partial charge in [0.2, 0.25) is 0 Å². The summed E-state index contributed by atoms with van der Waals surface area (Å²) < 4.78 is 0. The number of nitrogens with zero attached hydrogens (tertiary/aromatic N) is 2. The second-order valence-corrected chi connectivity index (χ2v) is 6.18. The van der Waals surface area contributed by atoms with E-state index in [1.54, 1.807) is 4.90 Å². The Balaban J connectivity index is 1.82. The van der Waals surface area contributed by atoms with Crippen molar-refractivity contribution in [2.75, 3.05) is 44.6 Å². The van der Waals surface area contributed by atoms with Crippen molar-refractivity contribution in [3.63, 3.8) is 0 Å². The van der Waals surface area contributed by atoms with Crippen LogP contribution in [0.5, 0.6) is 0 Å². The van der Waals surface area contributed by atoms with Gasteiger partial charge in [-0.15, -0.1) is 0 Å². The summed E-state index contributed by atoms with van der Waals surface area (Å²) in [4.78, 5) is 28.2. The monoisotopic (exact) mass is 332 g/mol. The van der Waals surface area contributed by atoms with Gasteiger partial charge in [-0.1, -0.05) is 25.5 Å². The van der Waals surface area contributed by atoms with Crippen LogP contribution in [0.4, 0.5) is 5.69 Å². The van der Waals surface area contributed by atoms with Gasteiger partial charge < -0.3 is 16.0 Å². The normalized spacial score (nSPS) is 15.3. The van der Waals surface area contributed by atoms with Crippen LogP contribution in [-0.4, -0.2) is 60.9 Å². The van der Waals surface area contributed by atoms with Gasteiger partial charge in [0.25, 0.3) is 0 Å². The quantitative estimate of drug-likeness (QED) is 0.764. The van der Waals surface area contributed by atoms with Gasteiger partial charge in [0.15, 0.2) is 0 Å². The van der Waals surface area contributed by atoms with E-state index >= 15 is 0 Å². The van der Waals surface area contributed by atoms with Crippen LogP contribution in [-0.2, 0) is 16.0 Å². The van der Waals surface area contributed by atoms with Crippen LogP contribution in [0.25, 0.3) is 0 Å². The maximum absolute atomic E-state index is 12.2. The summed E-state index contributed by atoms with van der Waals surface area (Å²) in [6.45, 7) is 6.28. The molecule has 1 aliphatic rings. The molecule has 0 unspecified atom stereocenters. The van der Waals surface area contributed by atoms with Crippen LogP contribution >= 0.6 is 0 Å². The van der Waals surface area contributed by atoms with Crippen LogP contribution < -0.4 is 11.1 Å². The zero-order valence-electron chi connectivity index (χ0n) is 14.5. The first kappa shape index (κ1) is 18.4. The number of piperazine rings is 1. The number of nitrogens with two attached hydrogens (primary N) is 1. The number of unbranched alkanes of at least 4 members (excludes halogenated alkanes) is 1. The Bertz CT molecular complexity index is 536. The molecule has 6 nitrogen and oxygen atoms in total. The van der Waals surface area contributed by atoms with E-state index in [0.29, 0.717) is 25.3 Å². The summed E-state index contributed by atoms with van der Waals surface area (Å²) in [5.74, 6) is -1.03. The lowest BCUT2D eigenvalue weighted by Crippen LogP contribution is -2.52. The van der Waals surface area contributed by atoms with Gasteiger partial charge >= 0.3 is 11.8 Å². The van der Waals surface area contributed by atoms with Crippen LogP contribution in [0.2, 0.25) is 0 Å². The largest absolute Gasteiger partial charge is 0.332 e. The number of benzene rings is 1. The molecule has 0 bridgehead atoms. The number of nitrogens with one attached hydrogen (secondary N) is 1. The number of aryl methyl sites for hydroxylation is 1. The van der Waals surface area contributed by atoms with E-state index in [2.05, 4.69) is 17.1 Å². The Hall–Kier alpha value is -1.92. The van der Waals surface area contributed by atoms with Crippen molar-refractivity contribution in [2.24, 2.45) is 5.73 Å². The van der Waals surface area contributed by atoms with Gasteiger partial charge in [-0.25, -0.2) is 0 Å². The van der Waals surface area contributed by atoms with Gasteiger partial charge in [-0.05, 0) is 30.5 Å². The maximum Gasteiger partial charge on any atom is 0.313 e. The number of amides is 2. The molecule has 24 heavy (non-hydrogen) atoms. The molecule has 0 aliphatic carbocycles. The molecular weight excluding hydrogens is 304 g/mol. The minimum atomic E-state index is -0.566. The first-order chi connectivity index (χ1) is 11.6. The molecule has 2 amide bonds. The molecule has 0 radical (unpaired) electrons. The Labute approximate surface area is 144 Å². The SMILES string of the molecule is CCCCc1ccc(NC(=O)C(=O)N2CCN(CCN)CC2)cc1. The molecule has 1 heterocycles. The van der Waals surface area contributed by atoms with E-state index in [9.17, 15) is 9.59 Å². The highest BCUT2D eigenvalue weighted by molar-refractivity contribution is 6.39.